The SMILES string of the molecule is CC(C)(C)C#CC(C(=O)C1(c2ccccc2)CCC1)=S(C)(C)=O. The zero-order chi connectivity index (χ0) is 17.3. The van der Waals surface area contributed by atoms with E-state index < -0.39 is 14.9 Å². The van der Waals surface area contributed by atoms with Gasteiger partial charge in [-0.1, -0.05) is 48.6 Å². The highest BCUT2D eigenvalue weighted by atomic mass is 32.2. The second-order valence-electron chi connectivity index (χ2n) is 7.69. The van der Waals surface area contributed by atoms with Crippen LogP contribution < -0.4 is 0 Å². The van der Waals surface area contributed by atoms with Crippen molar-refractivity contribution < 1.29 is 9.00 Å². The van der Waals surface area contributed by atoms with Crippen molar-refractivity contribution in [1.29, 1.82) is 0 Å². The summed E-state index contributed by atoms with van der Waals surface area (Å²) in [5.74, 6) is 6.04. The molecule has 124 valence electrons. The average Bonchev–Trinajstić information content (AvgIpc) is 2.35. The minimum Gasteiger partial charge on any atom is -0.292 e. The number of benzene rings is 1. The molecule has 0 atom stereocenters. The lowest BCUT2D eigenvalue weighted by atomic mass is 9.61. The molecular formula is C20H26O2S. The summed E-state index contributed by atoms with van der Waals surface area (Å²) >= 11 is 0. The van der Waals surface area contributed by atoms with E-state index in [0.717, 1.165) is 24.8 Å². The van der Waals surface area contributed by atoms with Crippen LogP contribution in [0.4, 0.5) is 0 Å². The Labute approximate surface area is 140 Å². The molecule has 0 bridgehead atoms. The first-order valence-corrected chi connectivity index (χ1v) is 10.4. The summed E-state index contributed by atoms with van der Waals surface area (Å²) in [6, 6.07) is 9.86. The van der Waals surface area contributed by atoms with Gasteiger partial charge in [-0.15, -0.1) is 0 Å². The standard InChI is InChI=1S/C20H26O2S/c1-19(2,3)15-12-17(23(4,5)22)18(21)20(13-9-14-20)16-10-7-6-8-11-16/h6-8,10-11H,9,13-14H2,1-5H3. The lowest BCUT2D eigenvalue weighted by Gasteiger charge is -2.41. The predicted octanol–water partition coefficient (Wildman–Crippen LogP) is 3.44. The van der Waals surface area contributed by atoms with Gasteiger partial charge in [-0.2, -0.15) is 0 Å². The molecule has 3 heteroatoms. The summed E-state index contributed by atoms with van der Waals surface area (Å²) in [6.07, 6.45) is 5.89. The van der Waals surface area contributed by atoms with Crippen LogP contribution in [0.1, 0.15) is 45.6 Å². The lowest BCUT2D eigenvalue weighted by molar-refractivity contribution is -0.120. The van der Waals surface area contributed by atoms with Gasteiger partial charge in [0, 0.05) is 17.9 Å². The molecular weight excluding hydrogens is 304 g/mol. The highest BCUT2D eigenvalue weighted by Gasteiger charge is 2.47. The Balaban J connectivity index is 2.54. The van der Waals surface area contributed by atoms with Crippen molar-refractivity contribution >= 4 is 20.2 Å². The van der Waals surface area contributed by atoms with Crippen molar-refractivity contribution in [2.45, 2.75) is 45.4 Å². The summed E-state index contributed by atoms with van der Waals surface area (Å²) < 4.78 is 12.7. The van der Waals surface area contributed by atoms with E-state index in [4.69, 9.17) is 0 Å². The van der Waals surface area contributed by atoms with E-state index in [1.807, 2.05) is 51.1 Å². The Kier molecular flexibility index (Phi) is 4.78. The van der Waals surface area contributed by atoms with Gasteiger partial charge in [0.15, 0.2) is 5.78 Å². The fourth-order valence-electron chi connectivity index (χ4n) is 2.80. The molecule has 0 heterocycles. The minimum absolute atomic E-state index is 0.0401. The predicted molar refractivity (Wildman–Crippen MR) is 99.2 cm³/mol. The molecule has 0 unspecified atom stereocenters. The molecule has 1 aliphatic rings. The zero-order valence-corrected chi connectivity index (χ0v) is 15.5. The normalized spacial score (nSPS) is 16.7. The molecule has 0 aliphatic heterocycles. The van der Waals surface area contributed by atoms with Crippen molar-refractivity contribution in [1.82, 2.24) is 0 Å². The third kappa shape index (κ3) is 3.87. The van der Waals surface area contributed by atoms with Gasteiger partial charge in [0.25, 0.3) is 0 Å². The molecule has 1 aromatic rings. The van der Waals surface area contributed by atoms with Crippen molar-refractivity contribution in [3.05, 3.63) is 35.9 Å². The van der Waals surface area contributed by atoms with Crippen LogP contribution in [0.25, 0.3) is 0 Å². The molecule has 0 aromatic heterocycles. The topological polar surface area (TPSA) is 34.1 Å². The van der Waals surface area contributed by atoms with Crippen LogP contribution in [-0.4, -0.2) is 27.4 Å². The molecule has 0 N–H and O–H groups in total. The van der Waals surface area contributed by atoms with Gasteiger partial charge in [-0.3, -0.25) is 9.00 Å². The Morgan fingerprint density at radius 3 is 2.09 bits per heavy atom. The van der Waals surface area contributed by atoms with Gasteiger partial charge in [-0.25, -0.2) is 0 Å². The summed E-state index contributed by atoms with van der Waals surface area (Å²) in [4.78, 5) is 13.6. The first-order chi connectivity index (χ1) is 10.6. The van der Waals surface area contributed by atoms with Crippen molar-refractivity contribution in [2.24, 2.45) is 5.41 Å². The van der Waals surface area contributed by atoms with E-state index in [-0.39, 0.29) is 11.2 Å². The fourth-order valence-corrected chi connectivity index (χ4v) is 3.74. The summed E-state index contributed by atoms with van der Waals surface area (Å²) in [5.41, 5.74) is 0.267. The number of rotatable bonds is 3. The van der Waals surface area contributed by atoms with Gasteiger partial charge in [-0.05, 0) is 48.7 Å². The quantitative estimate of drug-likeness (QED) is 0.628. The molecule has 1 aromatic carbocycles. The molecule has 0 amide bonds. The third-order valence-corrected chi connectivity index (χ3v) is 5.49. The van der Waals surface area contributed by atoms with E-state index in [1.165, 1.54) is 0 Å². The van der Waals surface area contributed by atoms with Crippen molar-refractivity contribution in [3.63, 3.8) is 0 Å². The monoisotopic (exact) mass is 330 g/mol. The van der Waals surface area contributed by atoms with E-state index in [1.54, 1.807) is 12.5 Å². The summed E-state index contributed by atoms with van der Waals surface area (Å²) in [6.45, 7) is 5.97. The van der Waals surface area contributed by atoms with E-state index >= 15 is 0 Å². The molecule has 2 nitrogen and oxygen atoms in total. The number of hydrogen-bond donors (Lipinski definition) is 0. The van der Waals surface area contributed by atoms with E-state index in [0.29, 0.717) is 4.86 Å². The maximum Gasteiger partial charge on any atom is 0.189 e. The molecule has 1 saturated carbocycles. The number of ketones is 1. The Hall–Kier alpha value is -1.53. The molecule has 0 saturated heterocycles. The van der Waals surface area contributed by atoms with Crippen molar-refractivity contribution in [3.8, 4) is 11.8 Å². The number of hydrogen-bond acceptors (Lipinski definition) is 2. The van der Waals surface area contributed by atoms with Crippen molar-refractivity contribution in [2.75, 3.05) is 12.5 Å². The summed E-state index contributed by atoms with van der Waals surface area (Å²) in [7, 11) is -2.41. The second-order valence-corrected chi connectivity index (χ2v) is 10.6. The second kappa shape index (κ2) is 6.17. The minimum atomic E-state index is -2.41. The summed E-state index contributed by atoms with van der Waals surface area (Å²) in [5, 5.41) is 0. The number of carbonyl (C=O) groups is 1. The van der Waals surface area contributed by atoms with Crippen LogP contribution in [0.2, 0.25) is 0 Å². The van der Waals surface area contributed by atoms with Gasteiger partial charge in [0.1, 0.15) is 4.86 Å². The number of carbonyl (C=O) groups excluding carboxylic acids is 1. The average molecular weight is 330 g/mol. The van der Waals surface area contributed by atoms with Gasteiger partial charge in [0.2, 0.25) is 0 Å². The largest absolute Gasteiger partial charge is 0.292 e. The maximum atomic E-state index is 13.3. The molecule has 2 rings (SSSR count). The van der Waals surface area contributed by atoms with Crippen LogP contribution in [0.5, 0.6) is 0 Å². The third-order valence-electron chi connectivity index (χ3n) is 4.22. The van der Waals surface area contributed by atoms with E-state index in [9.17, 15) is 9.00 Å². The first kappa shape index (κ1) is 17.8. The first-order valence-electron chi connectivity index (χ1n) is 8.01. The Bertz CT molecular complexity index is 764. The van der Waals surface area contributed by atoms with E-state index in [2.05, 4.69) is 11.8 Å². The molecule has 0 spiro atoms. The van der Waals surface area contributed by atoms with Crippen LogP contribution in [0.3, 0.4) is 0 Å². The molecule has 0 radical (unpaired) electrons. The van der Waals surface area contributed by atoms with Crippen LogP contribution in [-0.2, 0) is 19.7 Å². The molecule has 1 aliphatic carbocycles. The van der Waals surface area contributed by atoms with Gasteiger partial charge < -0.3 is 0 Å². The smallest absolute Gasteiger partial charge is 0.189 e. The number of Topliss-reactive ketones (excluding diaryl/α,β-unsaturated/α-hetero) is 1. The Morgan fingerprint density at radius 1 is 1.13 bits per heavy atom. The fraction of sp³-hybridized carbons (Fsp3) is 0.500. The van der Waals surface area contributed by atoms with Gasteiger partial charge in [0.05, 0.1) is 5.41 Å². The molecule has 23 heavy (non-hydrogen) atoms. The van der Waals surface area contributed by atoms with Crippen LogP contribution in [0.15, 0.2) is 30.3 Å². The van der Waals surface area contributed by atoms with Crippen LogP contribution in [0, 0.1) is 17.3 Å². The zero-order valence-electron chi connectivity index (χ0n) is 14.7. The molecule has 1 fully saturated rings. The maximum absolute atomic E-state index is 13.3. The Morgan fingerprint density at radius 2 is 1.70 bits per heavy atom. The lowest BCUT2D eigenvalue weighted by Crippen LogP contribution is -2.47. The highest BCUT2D eigenvalue weighted by Crippen LogP contribution is 2.44. The highest BCUT2D eigenvalue weighted by molar-refractivity contribution is 8.02. The van der Waals surface area contributed by atoms with Gasteiger partial charge >= 0.3 is 0 Å². The van der Waals surface area contributed by atoms with Crippen LogP contribution >= 0.6 is 0 Å².